The summed E-state index contributed by atoms with van der Waals surface area (Å²) in [6, 6.07) is 17.9. The summed E-state index contributed by atoms with van der Waals surface area (Å²) in [6.45, 7) is 0. The molecule has 0 spiro atoms. The molecule has 0 aliphatic carbocycles. The van der Waals surface area contributed by atoms with Crippen molar-refractivity contribution < 1.29 is 19.4 Å². The molecule has 0 saturated heterocycles. The lowest BCUT2D eigenvalue weighted by Crippen LogP contribution is -2.17. The maximum atomic E-state index is 12.2. The number of ether oxygens (including phenoxy) is 2. The molecule has 2 N–H and O–H groups in total. The van der Waals surface area contributed by atoms with E-state index in [9.17, 15) is 9.90 Å². The summed E-state index contributed by atoms with van der Waals surface area (Å²) in [5.41, 5.74) is 5.46. The zero-order valence-electron chi connectivity index (χ0n) is 17.7. The number of hydrogen-bond donors (Lipinski definition) is 2. The van der Waals surface area contributed by atoms with Crippen LogP contribution in [0.25, 0.3) is 6.08 Å². The van der Waals surface area contributed by atoms with Crippen molar-refractivity contribution in [2.75, 3.05) is 14.2 Å². The number of halogens is 1. The number of hydrazone groups is 1. The van der Waals surface area contributed by atoms with E-state index >= 15 is 0 Å². The van der Waals surface area contributed by atoms with E-state index in [0.717, 1.165) is 12.0 Å². The fourth-order valence-corrected chi connectivity index (χ4v) is 3.21. The van der Waals surface area contributed by atoms with Gasteiger partial charge < -0.3 is 14.6 Å². The third-order valence-electron chi connectivity index (χ3n) is 4.61. The molecule has 7 heteroatoms. The highest BCUT2D eigenvalue weighted by Crippen LogP contribution is 2.33. The van der Waals surface area contributed by atoms with Crippen molar-refractivity contribution >= 4 is 29.8 Å². The Hall–Kier alpha value is -3.77. The number of phenolic OH excluding ortho intramolecular Hbond substituents is 1. The number of carbonyl (C=O) groups is 1. The van der Waals surface area contributed by atoms with Gasteiger partial charge in [0.2, 0.25) is 0 Å². The zero-order valence-corrected chi connectivity index (χ0v) is 18.5. The second kappa shape index (κ2) is 11.0. The monoisotopic (exact) mass is 450 g/mol. The summed E-state index contributed by atoms with van der Waals surface area (Å²) in [6.07, 6.45) is 6.29. The zero-order chi connectivity index (χ0) is 22.9. The van der Waals surface area contributed by atoms with Gasteiger partial charge in [0.25, 0.3) is 5.91 Å². The molecule has 0 aromatic heterocycles. The summed E-state index contributed by atoms with van der Waals surface area (Å²) in [7, 11) is 3.15. The van der Waals surface area contributed by atoms with Crippen LogP contribution in [-0.4, -0.2) is 31.4 Å². The largest absolute Gasteiger partial charge is 0.506 e. The first-order valence-corrected chi connectivity index (χ1v) is 10.2. The van der Waals surface area contributed by atoms with Crippen LogP contribution in [0.5, 0.6) is 17.2 Å². The van der Waals surface area contributed by atoms with Crippen LogP contribution >= 0.6 is 11.6 Å². The molecule has 0 radical (unpaired) electrons. The number of amides is 1. The van der Waals surface area contributed by atoms with E-state index < -0.39 is 5.91 Å². The lowest BCUT2D eigenvalue weighted by molar-refractivity contribution is 0.0955. The molecule has 0 aliphatic rings. The molecule has 6 nitrogen and oxygen atoms in total. The molecule has 0 saturated carbocycles. The molecule has 0 fully saturated rings. The minimum atomic E-state index is -0.452. The minimum Gasteiger partial charge on any atom is -0.506 e. The summed E-state index contributed by atoms with van der Waals surface area (Å²) < 4.78 is 11.0. The smallest absolute Gasteiger partial charge is 0.271 e. The molecular weight excluding hydrogens is 428 g/mol. The maximum absolute atomic E-state index is 12.2. The van der Waals surface area contributed by atoms with Crippen LogP contribution in [0.1, 0.15) is 27.0 Å². The highest BCUT2D eigenvalue weighted by Gasteiger charge is 2.11. The van der Waals surface area contributed by atoms with Crippen LogP contribution in [0.15, 0.2) is 71.8 Å². The third kappa shape index (κ3) is 5.89. The molecule has 0 heterocycles. The van der Waals surface area contributed by atoms with E-state index in [0.29, 0.717) is 17.1 Å². The number of methoxy groups -OCH3 is 2. The van der Waals surface area contributed by atoms with E-state index in [1.807, 2.05) is 36.4 Å². The third-order valence-corrected chi connectivity index (χ3v) is 4.92. The van der Waals surface area contributed by atoms with E-state index in [2.05, 4.69) is 22.7 Å². The molecule has 3 rings (SSSR count). The first-order chi connectivity index (χ1) is 15.5. The average Bonchev–Trinajstić information content (AvgIpc) is 2.81. The second-order valence-corrected chi connectivity index (χ2v) is 7.21. The first-order valence-electron chi connectivity index (χ1n) is 9.80. The predicted octanol–water partition coefficient (Wildman–Crippen LogP) is 5.08. The minimum absolute atomic E-state index is 0.0912. The normalized spacial score (nSPS) is 11.1. The molecule has 32 heavy (non-hydrogen) atoms. The Kier molecular flexibility index (Phi) is 7.89. The van der Waals surface area contributed by atoms with Gasteiger partial charge in [-0.25, -0.2) is 5.43 Å². The lowest BCUT2D eigenvalue weighted by atomic mass is 10.1. The lowest BCUT2D eigenvalue weighted by Gasteiger charge is -2.12. The quantitative estimate of drug-likeness (QED) is 0.370. The van der Waals surface area contributed by atoms with Gasteiger partial charge in [-0.2, -0.15) is 5.10 Å². The van der Waals surface area contributed by atoms with Crippen LogP contribution in [-0.2, 0) is 6.42 Å². The van der Waals surface area contributed by atoms with Gasteiger partial charge in [-0.3, -0.25) is 4.79 Å². The molecular formula is C25H23ClN2O4. The van der Waals surface area contributed by atoms with Crippen molar-refractivity contribution in [3.05, 3.63) is 94.0 Å². The van der Waals surface area contributed by atoms with Crippen molar-refractivity contribution in [1.29, 1.82) is 0 Å². The molecule has 0 bridgehead atoms. The van der Waals surface area contributed by atoms with Gasteiger partial charge >= 0.3 is 0 Å². The number of benzene rings is 3. The van der Waals surface area contributed by atoms with Gasteiger partial charge in [-0.05, 0) is 47.9 Å². The Balaban J connectivity index is 1.77. The van der Waals surface area contributed by atoms with Crippen LogP contribution in [0, 0.1) is 0 Å². The maximum Gasteiger partial charge on any atom is 0.271 e. The molecule has 3 aromatic rings. The van der Waals surface area contributed by atoms with Crippen LogP contribution in [0.3, 0.4) is 0 Å². The Morgan fingerprint density at radius 1 is 1.09 bits per heavy atom. The Bertz CT molecular complexity index is 1140. The number of carbonyl (C=O) groups excluding carboxylic acids is 1. The Morgan fingerprint density at radius 2 is 1.88 bits per heavy atom. The SMILES string of the molecule is COc1cc(/C=N/NC(=O)c2ccc(O)c(Cl)c2)cc(/C=C/Cc2ccccc2)c1OC. The first kappa shape index (κ1) is 22.9. The topological polar surface area (TPSA) is 80.2 Å². The molecule has 3 aromatic carbocycles. The highest BCUT2D eigenvalue weighted by molar-refractivity contribution is 6.32. The second-order valence-electron chi connectivity index (χ2n) is 6.80. The van der Waals surface area contributed by atoms with Gasteiger partial charge in [0.05, 0.1) is 25.5 Å². The molecule has 164 valence electrons. The van der Waals surface area contributed by atoms with Crippen LogP contribution < -0.4 is 14.9 Å². The van der Waals surface area contributed by atoms with Gasteiger partial charge in [-0.15, -0.1) is 0 Å². The molecule has 1 amide bonds. The standard InChI is InChI=1S/C25H23ClN2O4/c1-31-23-14-18(16-27-28-25(30)20-11-12-22(29)21(26)15-20)13-19(24(23)32-2)10-6-9-17-7-4-3-5-8-17/h3-8,10-16,29H,9H2,1-2H3,(H,28,30)/b10-6+,27-16+. The summed E-state index contributed by atoms with van der Waals surface area (Å²) in [5, 5.41) is 13.6. The number of phenols is 1. The van der Waals surface area contributed by atoms with Crippen molar-refractivity contribution in [2.45, 2.75) is 6.42 Å². The van der Waals surface area contributed by atoms with Gasteiger partial charge in [0, 0.05) is 11.1 Å². The van der Waals surface area contributed by atoms with Crippen molar-refractivity contribution in [3.63, 3.8) is 0 Å². The number of nitrogens with one attached hydrogen (secondary N) is 1. The Morgan fingerprint density at radius 3 is 2.56 bits per heavy atom. The van der Waals surface area contributed by atoms with Crippen molar-refractivity contribution in [1.82, 2.24) is 5.43 Å². The predicted molar refractivity (Wildman–Crippen MR) is 127 cm³/mol. The summed E-state index contributed by atoms with van der Waals surface area (Å²) in [4.78, 5) is 12.2. The number of aromatic hydroxyl groups is 1. The fourth-order valence-electron chi connectivity index (χ4n) is 3.03. The number of hydrogen-bond acceptors (Lipinski definition) is 5. The fraction of sp³-hybridized carbons (Fsp3) is 0.120. The summed E-state index contributed by atoms with van der Waals surface area (Å²) >= 11 is 5.85. The van der Waals surface area contributed by atoms with Gasteiger partial charge in [0.1, 0.15) is 5.75 Å². The Labute approximate surface area is 191 Å². The number of nitrogens with zero attached hydrogens (tertiary/aromatic N) is 1. The average molecular weight is 451 g/mol. The number of rotatable bonds is 8. The van der Waals surface area contributed by atoms with Crippen LogP contribution in [0.4, 0.5) is 0 Å². The van der Waals surface area contributed by atoms with E-state index in [1.54, 1.807) is 20.3 Å². The van der Waals surface area contributed by atoms with Crippen LogP contribution in [0.2, 0.25) is 5.02 Å². The van der Waals surface area contributed by atoms with E-state index in [-0.39, 0.29) is 16.3 Å². The number of allylic oxidation sites excluding steroid dienone is 1. The van der Waals surface area contributed by atoms with Gasteiger partial charge in [-0.1, -0.05) is 54.1 Å². The van der Waals surface area contributed by atoms with E-state index in [4.69, 9.17) is 21.1 Å². The molecule has 0 aliphatic heterocycles. The van der Waals surface area contributed by atoms with Gasteiger partial charge in [0.15, 0.2) is 11.5 Å². The molecule has 0 atom stereocenters. The van der Waals surface area contributed by atoms with Crippen molar-refractivity contribution in [3.8, 4) is 17.2 Å². The molecule has 0 unspecified atom stereocenters. The van der Waals surface area contributed by atoms with E-state index in [1.165, 1.54) is 30.0 Å². The summed E-state index contributed by atoms with van der Waals surface area (Å²) in [5.74, 6) is 0.612. The van der Waals surface area contributed by atoms with Crippen molar-refractivity contribution in [2.24, 2.45) is 5.10 Å². The highest BCUT2D eigenvalue weighted by atomic mass is 35.5.